The van der Waals surface area contributed by atoms with Crippen LogP contribution in [0.2, 0.25) is 0 Å². The van der Waals surface area contributed by atoms with Gasteiger partial charge in [-0.2, -0.15) is 0 Å². The summed E-state index contributed by atoms with van der Waals surface area (Å²) in [5.74, 6) is 1.94. The molecule has 5 atom stereocenters. The highest BCUT2D eigenvalue weighted by atomic mass is 35.5. The highest BCUT2D eigenvalue weighted by molar-refractivity contribution is 6.29. The monoisotopic (exact) mass is 479 g/mol. The van der Waals surface area contributed by atoms with Crippen LogP contribution in [0.3, 0.4) is 0 Å². The first-order valence-corrected chi connectivity index (χ1v) is 13.6. The van der Waals surface area contributed by atoms with Crippen molar-refractivity contribution in [1.29, 1.82) is 0 Å². The minimum atomic E-state index is 0. The Kier molecular flexibility index (Phi) is 21.2. The first-order valence-electron chi connectivity index (χ1n) is 12.8. The Morgan fingerprint density at radius 2 is 1.65 bits per heavy atom. The number of rotatable bonds is 11. The van der Waals surface area contributed by atoms with Crippen molar-refractivity contribution in [1.82, 2.24) is 5.32 Å². The Labute approximate surface area is 206 Å². The summed E-state index contributed by atoms with van der Waals surface area (Å²) < 4.78 is 6.48. The molecule has 2 aliphatic carbocycles. The Morgan fingerprint density at radius 1 is 1.06 bits per heavy atom. The molecule has 31 heavy (non-hydrogen) atoms. The summed E-state index contributed by atoms with van der Waals surface area (Å²) in [5.41, 5.74) is 0. The predicted molar refractivity (Wildman–Crippen MR) is 144 cm³/mol. The summed E-state index contributed by atoms with van der Waals surface area (Å²) in [4.78, 5) is 0. The van der Waals surface area contributed by atoms with Gasteiger partial charge in [-0.15, -0.1) is 11.6 Å². The first kappa shape index (κ1) is 33.4. The van der Waals surface area contributed by atoms with E-state index in [1.807, 2.05) is 27.7 Å². The quantitative estimate of drug-likeness (QED) is 0.298. The normalized spacial score (nSPS) is 27.6. The fourth-order valence-corrected chi connectivity index (χ4v) is 5.12. The van der Waals surface area contributed by atoms with Crippen LogP contribution < -0.4 is 5.32 Å². The summed E-state index contributed by atoms with van der Waals surface area (Å²) in [6, 6.07) is 0.412. The standard InChI is InChI=1S/C22H39Cl2NO.2C2H6.CH4/c1-5-6-18(13-16(3)23)14-25-22(19-8-10-20(24)11-9-19)17(4)26-21-12-7-15(21)2;2*1-2;/h15,17-22,25H,3,5-14H2,1-2,4H3;2*1-2H3;1H4. The molecular formula is C27H55Cl2NO. The van der Waals surface area contributed by atoms with E-state index in [9.17, 15) is 0 Å². The molecule has 2 saturated carbocycles. The lowest BCUT2D eigenvalue weighted by Gasteiger charge is -2.41. The molecule has 1 N–H and O–H groups in total. The van der Waals surface area contributed by atoms with Crippen LogP contribution in [0.1, 0.15) is 114 Å². The molecule has 0 radical (unpaired) electrons. The van der Waals surface area contributed by atoms with Crippen LogP contribution in [-0.2, 0) is 4.74 Å². The highest BCUT2D eigenvalue weighted by Crippen LogP contribution is 2.35. The number of hydrogen-bond acceptors (Lipinski definition) is 2. The van der Waals surface area contributed by atoms with Gasteiger partial charge in [0.1, 0.15) is 0 Å². The third-order valence-electron chi connectivity index (χ3n) is 6.49. The Bertz CT molecular complexity index is 423. The topological polar surface area (TPSA) is 21.3 Å². The summed E-state index contributed by atoms with van der Waals surface area (Å²) in [7, 11) is 0. The minimum absolute atomic E-state index is 0. The van der Waals surface area contributed by atoms with E-state index >= 15 is 0 Å². The number of alkyl halides is 1. The van der Waals surface area contributed by atoms with Gasteiger partial charge in [0.05, 0.1) is 12.2 Å². The Balaban J connectivity index is 0. The predicted octanol–water partition coefficient (Wildman–Crippen LogP) is 9.19. The van der Waals surface area contributed by atoms with Gasteiger partial charge in [-0.3, -0.25) is 0 Å². The molecule has 2 fully saturated rings. The minimum Gasteiger partial charge on any atom is -0.373 e. The van der Waals surface area contributed by atoms with Crippen molar-refractivity contribution in [2.45, 2.75) is 137 Å². The van der Waals surface area contributed by atoms with Crippen LogP contribution >= 0.6 is 23.2 Å². The van der Waals surface area contributed by atoms with E-state index < -0.39 is 0 Å². The van der Waals surface area contributed by atoms with Crippen molar-refractivity contribution in [3.8, 4) is 0 Å². The number of allylic oxidation sites excluding steroid dienone is 1. The molecule has 0 heterocycles. The fourth-order valence-electron chi connectivity index (χ4n) is 4.65. The van der Waals surface area contributed by atoms with E-state index in [0.717, 1.165) is 30.8 Å². The van der Waals surface area contributed by atoms with Crippen LogP contribution in [0.5, 0.6) is 0 Å². The summed E-state index contributed by atoms with van der Waals surface area (Å²) in [5, 5.41) is 5.03. The molecule has 0 aromatic heterocycles. The molecule has 0 spiro atoms. The molecule has 2 rings (SSSR count). The van der Waals surface area contributed by atoms with E-state index in [4.69, 9.17) is 27.9 Å². The lowest BCUT2D eigenvalue weighted by molar-refractivity contribution is -0.0971. The molecular weight excluding hydrogens is 425 g/mol. The molecule has 0 aromatic rings. The fraction of sp³-hybridized carbons (Fsp3) is 0.926. The molecule has 2 nitrogen and oxygen atoms in total. The molecule has 0 aliphatic heterocycles. The van der Waals surface area contributed by atoms with E-state index in [2.05, 4.69) is 32.7 Å². The van der Waals surface area contributed by atoms with Gasteiger partial charge in [0.15, 0.2) is 0 Å². The van der Waals surface area contributed by atoms with Gasteiger partial charge in [0.2, 0.25) is 0 Å². The summed E-state index contributed by atoms with van der Waals surface area (Å²) in [6.45, 7) is 19.7. The third-order valence-corrected chi connectivity index (χ3v) is 7.09. The maximum Gasteiger partial charge on any atom is 0.0706 e. The van der Waals surface area contributed by atoms with Crippen LogP contribution in [0.25, 0.3) is 0 Å². The Morgan fingerprint density at radius 3 is 2.06 bits per heavy atom. The SMILES string of the molecule is C.C=C(Cl)CC(CCC)CNC(C1CCC(Cl)CC1)C(C)OC1CCC1C.CC.CC. The molecule has 0 aromatic carbocycles. The second-order valence-corrected chi connectivity index (χ2v) is 9.91. The number of hydrogen-bond donors (Lipinski definition) is 1. The van der Waals surface area contributed by atoms with Gasteiger partial charge >= 0.3 is 0 Å². The average molecular weight is 481 g/mol. The summed E-state index contributed by atoms with van der Waals surface area (Å²) >= 11 is 12.5. The van der Waals surface area contributed by atoms with Gasteiger partial charge in [-0.05, 0) is 82.6 Å². The van der Waals surface area contributed by atoms with Gasteiger partial charge in [-0.25, -0.2) is 0 Å². The largest absolute Gasteiger partial charge is 0.373 e. The molecule has 4 heteroatoms. The molecule has 0 amide bonds. The van der Waals surface area contributed by atoms with Gasteiger partial charge in [0.25, 0.3) is 0 Å². The maximum atomic E-state index is 6.48. The Hall–Kier alpha value is 0.240. The number of nitrogens with one attached hydrogen (secondary N) is 1. The van der Waals surface area contributed by atoms with Crippen LogP contribution in [0, 0.1) is 17.8 Å². The highest BCUT2D eigenvalue weighted by Gasteiger charge is 2.35. The van der Waals surface area contributed by atoms with Crippen LogP contribution in [0.15, 0.2) is 11.6 Å². The van der Waals surface area contributed by atoms with Crippen molar-refractivity contribution >= 4 is 23.2 Å². The van der Waals surface area contributed by atoms with E-state index in [1.54, 1.807) is 0 Å². The lowest BCUT2D eigenvalue weighted by atomic mass is 9.80. The zero-order chi connectivity index (χ0) is 23.1. The third kappa shape index (κ3) is 12.9. The maximum absolute atomic E-state index is 6.48. The van der Waals surface area contributed by atoms with Crippen molar-refractivity contribution in [2.24, 2.45) is 17.8 Å². The molecule has 188 valence electrons. The van der Waals surface area contributed by atoms with Crippen LogP contribution in [0.4, 0.5) is 0 Å². The average Bonchev–Trinajstić information content (AvgIpc) is 2.74. The smallest absolute Gasteiger partial charge is 0.0706 e. The van der Waals surface area contributed by atoms with E-state index in [-0.39, 0.29) is 13.5 Å². The molecule has 5 unspecified atom stereocenters. The van der Waals surface area contributed by atoms with Gasteiger partial charge < -0.3 is 10.1 Å². The summed E-state index contributed by atoms with van der Waals surface area (Å²) in [6.07, 6.45) is 11.2. The van der Waals surface area contributed by atoms with Gasteiger partial charge in [-0.1, -0.05) is 73.6 Å². The van der Waals surface area contributed by atoms with E-state index in [0.29, 0.717) is 35.3 Å². The lowest BCUT2D eigenvalue weighted by Crippen LogP contribution is -2.50. The van der Waals surface area contributed by atoms with E-state index in [1.165, 1.54) is 38.5 Å². The molecule has 2 aliphatic rings. The van der Waals surface area contributed by atoms with Crippen LogP contribution in [-0.4, -0.2) is 30.2 Å². The van der Waals surface area contributed by atoms with Crippen molar-refractivity contribution in [2.75, 3.05) is 6.54 Å². The zero-order valence-electron chi connectivity index (χ0n) is 21.0. The second kappa shape index (κ2) is 19.7. The second-order valence-electron chi connectivity index (χ2n) is 8.76. The number of ether oxygens (including phenoxy) is 1. The first-order chi connectivity index (χ1) is 14.4. The van der Waals surface area contributed by atoms with Gasteiger partial charge in [0, 0.05) is 16.5 Å². The number of halogens is 2. The molecule has 0 saturated heterocycles. The van der Waals surface area contributed by atoms with Crippen molar-refractivity contribution in [3.05, 3.63) is 11.6 Å². The van der Waals surface area contributed by atoms with Crippen molar-refractivity contribution in [3.63, 3.8) is 0 Å². The zero-order valence-corrected chi connectivity index (χ0v) is 22.5. The molecule has 0 bridgehead atoms. The van der Waals surface area contributed by atoms with Crippen molar-refractivity contribution < 1.29 is 4.74 Å².